The molecular formula is C19H16FN3O2. The summed E-state index contributed by atoms with van der Waals surface area (Å²) in [5.74, 6) is 0.199. The van der Waals surface area contributed by atoms with Crippen LogP contribution in [0.5, 0.6) is 5.75 Å². The molecule has 1 aliphatic rings. The molecule has 0 spiro atoms. The van der Waals surface area contributed by atoms with Gasteiger partial charge in [-0.3, -0.25) is 9.48 Å². The number of benzene rings is 2. The molecule has 25 heavy (non-hydrogen) atoms. The summed E-state index contributed by atoms with van der Waals surface area (Å²) in [6.45, 7) is 1.89. The molecule has 0 aliphatic carbocycles. The Morgan fingerprint density at radius 2 is 2.04 bits per heavy atom. The molecule has 1 amide bonds. The van der Waals surface area contributed by atoms with E-state index in [0.717, 1.165) is 27.9 Å². The molecular weight excluding hydrogens is 321 g/mol. The molecule has 0 radical (unpaired) electrons. The van der Waals surface area contributed by atoms with Crippen molar-refractivity contribution in [1.29, 1.82) is 0 Å². The zero-order chi connectivity index (χ0) is 17.6. The molecule has 2 heterocycles. The van der Waals surface area contributed by atoms with Crippen molar-refractivity contribution >= 4 is 11.6 Å². The van der Waals surface area contributed by atoms with Crippen LogP contribution in [-0.4, -0.2) is 22.3 Å². The number of amides is 1. The zero-order valence-corrected chi connectivity index (χ0v) is 13.8. The largest absolute Gasteiger partial charge is 0.482 e. The molecule has 1 aliphatic heterocycles. The second-order valence-corrected chi connectivity index (χ2v) is 6.07. The lowest BCUT2D eigenvalue weighted by atomic mass is 9.98. The Bertz CT molecular complexity index is 994. The summed E-state index contributed by atoms with van der Waals surface area (Å²) in [6, 6.07) is 10.3. The van der Waals surface area contributed by atoms with Gasteiger partial charge in [-0.2, -0.15) is 5.10 Å². The third kappa shape index (κ3) is 2.76. The van der Waals surface area contributed by atoms with E-state index in [1.165, 1.54) is 12.1 Å². The number of ether oxygens (including phenoxy) is 1. The maximum atomic E-state index is 13.4. The summed E-state index contributed by atoms with van der Waals surface area (Å²) >= 11 is 0. The molecule has 1 aromatic heterocycles. The van der Waals surface area contributed by atoms with Crippen molar-refractivity contribution in [2.24, 2.45) is 7.05 Å². The first kappa shape index (κ1) is 15.4. The molecule has 126 valence electrons. The van der Waals surface area contributed by atoms with Crippen LogP contribution in [0.25, 0.3) is 22.4 Å². The Labute approximate surface area is 144 Å². The van der Waals surface area contributed by atoms with Crippen LogP contribution in [-0.2, 0) is 11.8 Å². The van der Waals surface area contributed by atoms with E-state index in [-0.39, 0.29) is 18.3 Å². The minimum Gasteiger partial charge on any atom is -0.482 e. The standard InChI is InChI=1S/C19H16FN3O2/c1-11-7-13(20)4-5-14(11)19-15(9-23(2)22-19)12-3-6-17-16(8-12)21-18(24)10-25-17/h3-9H,10H2,1-2H3,(H,21,24). The SMILES string of the molecule is Cc1cc(F)ccc1-c1nn(C)cc1-c1ccc2c(c1)NC(=O)CO2. The minimum absolute atomic E-state index is 0.0270. The second kappa shape index (κ2) is 5.73. The van der Waals surface area contributed by atoms with E-state index in [0.29, 0.717) is 11.4 Å². The molecule has 0 unspecified atom stereocenters. The number of fused-ring (bicyclic) bond motifs is 1. The highest BCUT2D eigenvalue weighted by Gasteiger charge is 2.19. The van der Waals surface area contributed by atoms with Crippen LogP contribution >= 0.6 is 0 Å². The van der Waals surface area contributed by atoms with Crippen molar-refractivity contribution in [1.82, 2.24) is 9.78 Å². The maximum Gasteiger partial charge on any atom is 0.262 e. The van der Waals surface area contributed by atoms with Crippen molar-refractivity contribution in [3.8, 4) is 28.1 Å². The maximum absolute atomic E-state index is 13.4. The van der Waals surface area contributed by atoms with Crippen molar-refractivity contribution in [3.63, 3.8) is 0 Å². The van der Waals surface area contributed by atoms with Crippen LogP contribution in [0, 0.1) is 12.7 Å². The van der Waals surface area contributed by atoms with Gasteiger partial charge >= 0.3 is 0 Å². The molecule has 0 atom stereocenters. The smallest absolute Gasteiger partial charge is 0.262 e. The van der Waals surface area contributed by atoms with Crippen LogP contribution in [0.3, 0.4) is 0 Å². The number of carbonyl (C=O) groups is 1. The highest BCUT2D eigenvalue weighted by molar-refractivity contribution is 5.96. The molecule has 0 bridgehead atoms. The molecule has 2 aromatic carbocycles. The Hall–Kier alpha value is -3.15. The second-order valence-electron chi connectivity index (χ2n) is 6.07. The predicted molar refractivity (Wildman–Crippen MR) is 92.9 cm³/mol. The summed E-state index contributed by atoms with van der Waals surface area (Å²) in [7, 11) is 1.84. The summed E-state index contributed by atoms with van der Waals surface area (Å²) in [5.41, 5.74) is 4.89. The first-order valence-corrected chi connectivity index (χ1v) is 7.88. The molecule has 0 saturated carbocycles. The number of rotatable bonds is 2. The van der Waals surface area contributed by atoms with Gasteiger partial charge in [0, 0.05) is 24.4 Å². The van der Waals surface area contributed by atoms with Gasteiger partial charge in [0.2, 0.25) is 0 Å². The highest BCUT2D eigenvalue weighted by Crippen LogP contribution is 2.37. The number of nitrogens with zero attached hydrogens (tertiary/aromatic N) is 2. The Kier molecular flexibility index (Phi) is 3.53. The van der Waals surface area contributed by atoms with E-state index in [4.69, 9.17) is 4.74 Å². The number of aromatic nitrogens is 2. The monoisotopic (exact) mass is 337 g/mol. The fraction of sp³-hybridized carbons (Fsp3) is 0.158. The van der Waals surface area contributed by atoms with Crippen LogP contribution in [0.1, 0.15) is 5.56 Å². The van der Waals surface area contributed by atoms with Gasteiger partial charge in [-0.15, -0.1) is 0 Å². The lowest BCUT2D eigenvalue weighted by Gasteiger charge is -2.18. The molecule has 6 heteroatoms. The minimum atomic E-state index is -0.271. The average Bonchev–Trinajstić information content (AvgIpc) is 2.95. The van der Waals surface area contributed by atoms with Gasteiger partial charge in [0.25, 0.3) is 5.91 Å². The topological polar surface area (TPSA) is 56.2 Å². The summed E-state index contributed by atoms with van der Waals surface area (Å²) < 4.78 is 20.6. The predicted octanol–water partition coefficient (Wildman–Crippen LogP) is 3.53. The highest BCUT2D eigenvalue weighted by atomic mass is 19.1. The Morgan fingerprint density at radius 3 is 2.84 bits per heavy atom. The van der Waals surface area contributed by atoms with Crippen molar-refractivity contribution < 1.29 is 13.9 Å². The zero-order valence-electron chi connectivity index (χ0n) is 13.8. The quantitative estimate of drug-likeness (QED) is 0.778. The number of aryl methyl sites for hydroxylation is 2. The average molecular weight is 337 g/mol. The lowest BCUT2D eigenvalue weighted by molar-refractivity contribution is -0.118. The van der Waals surface area contributed by atoms with Gasteiger partial charge in [0.15, 0.2) is 6.61 Å². The van der Waals surface area contributed by atoms with Crippen LogP contribution < -0.4 is 10.1 Å². The summed E-state index contributed by atoms with van der Waals surface area (Å²) in [4.78, 5) is 11.6. The number of hydrogen-bond donors (Lipinski definition) is 1. The van der Waals surface area contributed by atoms with Crippen molar-refractivity contribution in [3.05, 3.63) is 54.0 Å². The summed E-state index contributed by atoms with van der Waals surface area (Å²) in [5, 5.41) is 7.36. The number of nitrogens with one attached hydrogen (secondary N) is 1. The van der Waals surface area contributed by atoms with Crippen LogP contribution in [0.2, 0.25) is 0 Å². The first-order valence-electron chi connectivity index (χ1n) is 7.88. The van der Waals surface area contributed by atoms with Crippen LogP contribution in [0.15, 0.2) is 42.6 Å². The Morgan fingerprint density at radius 1 is 1.20 bits per heavy atom. The first-order chi connectivity index (χ1) is 12.0. The van der Waals surface area contributed by atoms with E-state index >= 15 is 0 Å². The normalized spacial score (nSPS) is 13.2. The van der Waals surface area contributed by atoms with Crippen molar-refractivity contribution in [2.75, 3.05) is 11.9 Å². The van der Waals surface area contributed by atoms with Gasteiger partial charge in [0.1, 0.15) is 17.3 Å². The number of hydrogen-bond acceptors (Lipinski definition) is 3. The molecule has 1 N–H and O–H groups in total. The summed E-state index contributed by atoms with van der Waals surface area (Å²) in [6.07, 6.45) is 1.91. The number of anilines is 1. The van der Waals surface area contributed by atoms with E-state index < -0.39 is 0 Å². The number of halogens is 1. The fourth-order valence-electron chi connectivity index (χ4n) is 3.04. The molecule has 0 fully saturated rings. The molecule has 5 nitrogen and oxygen atoms in total. The van der Waals surface area contributed by atoms with Gasteiger partial charge in [-0.25, -0.2) is 4.39 Å². The lowest BCUT2D eigenvalue weighted by Crippen LogP contribution is -2.25. The van der Waals surface area contributed by atoms with E-state index in [2.05, 4.69) is 10.4 Å². The van der Waals surface area contributed by atoms with E-state index in [9.17, 15) is 9.18 Å². The van der Waals surface area contributed by atoms with Gasteiger partial charge in [0.05, 0.1) is 5.69 Å². The Balaban J connectivity index is 1.84. The van der Waals surface area contributed by atoms with Gasteiger partial charge in [-0.1, -0.05) is 6.07 Å². The van der Waals surface area contributed by atoms with Gasteiger partial charge < -0.3 is 10.1 Å². The number of carbonyl (C=O) groups excluding carboxylic acids is 1. The van der Waals surface area contributed by atoms with Gasteiger partial charge in [-0.05, 0) is 48.4 Å². The third-order valence-electron chi connectivity index (χ3n) is 4.20. The van der Waals surface area contributed by atoms with Crippen molar-refractivity contribution in [2.45, 2.75) is 6.92 Å². The molecule has 4 rings (SSSR count). The molecule has 3 aromatic rings. The fourth-order valence-corrected chi connectivity index (χ4v) is 3.04. The third-order valence-corrected chi connectivity index (χ3v) is 4.20. The van der Waals surface area contributed by atoms with E-state index in [1.807, 2.05) is 38.4 Å². The molecule has 0 saturated heterocycles. The van der Waals surface area contributed by atoms with E-state index in [1.54, 1.807) is 10.7 Å². The van der Waals surface area contributed by atoms with Crippen LogP contribution in [0.4, 0.5) is 10.1 Å².